The van der Waals surface area contributed by atoms with Gasteiger partial charge in [-0.15, -0.1) is 0 Å². The number of anilines is 1. The van der Waals surface area contributed by atoms with Crippen LogP contribution in [0.15, 0.2) is 6.20 Å². The molecule has 1 aromatic rings. The first-order valence-electron chi connectivity index (χ1n) is 7.39. The summed E-state index contributed by atoms with van der Waals surface area (Å²) in [5, 5.41) is 3.38. The highest BCUT2D eigenvalue weighted by atomic mass is 15.1. The van der Waals surface area contributed by atoms with Gasteiger partial charge in [0.2, 0.25) is 0 Å². The molecule has 19 heavy (non-hydrogen) atoms. The highest BCUT2D eigenvalue weighted by Gasteiger charge is 2.24. The van der Waals surface area contributed by atoms with Gasteiger partial charge in [0.15, 0.2) is 0 Å². The Hall–Kier alpha value is -1.16. The Kier molecular flexibility index (Phi) is 4.75. The Bertz CT molecular complexity index is 413. The first-order chi connectivity index (χ1) is 9.11. The third kappa shape index (κ3) is 3.90. The Balaban J connectivity index is 2.18. The topological polar surface area (TPSA) is 41.1 Å². The minimum absolute atomic E-state index is 0.378. The zero-order valence-electron chi connectivity index (χ0n) is 12.6. The molecule has 1 fully saturated rings. The fraction of sp³-hybridized carbons (Fsp3) is 0.733. The monoisotopic (exact) mass is 262 g/mol. The summed E-state index contributed by atoms with van der Waals surface area (Å²) in [6.07, 6.45) is 4.74. The van der Waals surface area contributed by atoms with Gasteiger partial charge in [0, 0.05) is 26.1 Å². The van der Waals surface area contributed by atoms with Crippen LogP contribution in [0.1, 0.15) is 51.0 Å². The van der Waals surface area contributed by atoms with Gasteiger partial charge in [-0.3, -0.25) is 0 Å². The highest BCUT2D eigenvalue weighted by Crippen LogP contribution is 2.31. The van der Waals surface area contributed by atoms with Crippen molar-refractivity contribution in [3.63, 3.8) is 0 Å². The number of hydrogen-bond donors (Lipinski definition) is 1. The second kappa shape index (κ2) is 6.33. The van der Waals surface area contributed by atoms with Crippen molar-refractivity contribution in [1.82, 2.24) is 15.3 Å². The lowest BCUT2D eigenvalue weighted by Crippen LogP contribution is -2.25. The van der Waals surface area contributed by atoms with Crippen LogP contribution in [0.5, 0.6) is 0 Å². The summed E-state index contributed by atoms with van der Waals surface area (Å²) >= 11 is 0. The van der Waals surface area contributed by atoms with Crippen molar-refractivity contribution in [1.29, 1.82) is 0 Å². The van der Waals surface area contributed by atoms with Crippen LogP contribution in [0.2, 0.25) is 0 Å². The van der Waals surface area contributed by atoms with E-state index in [1.54, 1.807) is 0 Å². The molecule has 2 rings (SSSR count). The van der Waals surface area contributed by atoms with Crippen molar-refractivity contribution in [2.75, 3.05) is 25.0 Å². The van der Waals surface area contributed by atoms with Crippen LogP contribution in [0, 0.1) is 5.92 Å². The van der Waals surface area contributed by atoms with Crippen molar-refractivity contribution in [2.24, 2.45) is 5.92 Å². The molecule has 4 heteroatoms. The fourth-order valence-corrected chi connectivity index (χ4v) is 2.18. The van der Waals surface area contributed by atoms with Crippen LogP contribution < -0.4 is 10.2 Å². The Morgan fingerprint density at radius 1 is 1.42 bits per heavy atom. The first kappa shape index (κ1) is 14.3. The second-order valence-electron chi connectivity index (χ2n) is 5.82. The maximum absolute atomic E-state index is 4.74. The quantitative estimate of drug-likeness (QED) is 0.820. The Morgan fingerprint density at radius 3 is 2.74 bits per heavy atom. The van der Waals surface area contributed by atoms with Gasteiger partial charge in [0.25, 0.3) is 0 Å². The zero-order chi connectivity index (χ0) is 13.8. The van der Waals surface area contributed by atoms with Crippen LogP contribution in [0.4, 0.5) is 5.69 Å². The molecule has 1 N–H and O–H groups in total. The van der Waals surface area contributed by atoms with E-state index in [4.69, 9.17) is 4.98 Å². The van der Waals surface area contributed by atoms with Gasteiger partial charge in [-0.2, -0.15) is 0 Å². The average molecular weight is 262 g/mol. The summed E-state index contributed by atoms with van der Waals surface area (Å²) in [5.74, 6) is 2.20. The lowest BCUT2D eigenvalue weighted by Gasteiger charge is -2.22. The van der Waals surface area contributed by atoms with E-state index in [0.717, 1.165) is 37.1 Å². The molecular formula is C15H26N4. The zero-order valence-corrected chi connectivity index (χ0v) is 12.6. The van der Waals surface area contributed by atoms with Crippen molar-refractivity contribution >= 4 is 5.69 Å². The lowest BCUT2D eigenvalue weighted by atomic mass is 10.2. The fourth-order valence-electron chi connectivity index (χ4n) is 2.18. The van der Waals surface area contributed by atoms with E-state index >= 15 is 0 Å². The van der Waals surface area contributed by atoms with Crippen molar-refractivity contribution in [3.8, 4) is 0 Å². The largest absolute Gasteiger partial charge is 0.372 e. The third-order valence-electron chi connectivity index (χ3n) is 3.56. The normalized spacial score (nSPS) is 15.0. The number of hydrogen-bond acceptors (Lipinski definition) is 4. The van der Waals surface area contributed by atoms with Gasteiger partial charge < -0.3 is 10.2 Å². The van der Waals surface area contributed by atoms with E-state index in [1.165, 1.54) is 18.5 Å². The highest BCUT2D eigenvalue weighted by molar-refractivity contribution is 5.48. The van der Waals surface area contributed by atoms with Gasteiger partial charge in [-0.05, 0) is 25.3 Å². The van der Waals surface area contributed by atoms with Gasteiger partial charge in [-0.1, -0.05) is 20.8 Å². The van der Waals surface area contributed by atoms with E-state index in [2.05, 4.69) is 43.0 Å². The average Bonchev–Trinajstić information content (AvgIpc) is 3.19. The first-order valence-corrected chi connectivity index (χ1v) is 7.39. The Morgan fingerprint density at radius 2 is 2.16 bits per heavy atom. The molecule has 0 unspecified atom stereocenters. The van der Waals surface area contributed by atoms with E-state index in [9.17, 15) is 0 Å². The molecule has 1 heterocycles. The summed E-state index contributed by atoms with van der Waals surface area (Å²) in [7, 11) is 2.15. The van der Waals surface area contributed by atoms with Crippen LogP contribution in [-0.4, -0.2) is 30.1 Å². The molecule has 1 aliphatic carbocycles. The van der Waals surface area contributed by atoms with Crippen LogP contribution in [0.3, 0.4) is 0 Å². The molecule has 0 saturated heterocycles. The number of nitrogens with zero attached hydrogens (tertiary/aromatic N) is 3. The van der Waals surface area contributed by atoms with Gasteiger partial charge >= 0.3 is 0 Å². The summed E-state index contributed by atoms with van der Waals surface area (Å²) < 4.78 is 0. The van der Waals surface area contributed by atoms with E-state index in [-0.39, 0.29) is 0 Å². The maximum Gasteiger partial charge on any atom is 0.131 e. The van der Waals surface area contributed by atoms with Crippen molar-refractivity contribution < 1.29 is 0 Å². The van der Waals surface area contributed by atoms with Gasteiger partial charge in [-0.25, -0.2) is 9.97 Å². The summed E-state index contributed by atoms with van der Waals surface area (Å²) in [6, 6.07) is 0. The molecule has 0 atom stereocenters. The molecular weight excluding hydrogens is 236 g/mol. The molecule has 0 aliphatic heterocycles. The number of aromatic nitrogens is 2. The van der Waals surface area contributed by atoms with Crippen molar-refractivity contribution in [3.05, 3.63) is 17.7 Å². The summed E-state index contributed by atoms with van der Waals surface area (Å²) in [6.45, 7) is 9.32. The SMILES string of the molecule is CCNCc1nc(C(C)C)ncc1N(C)CC1CC1. The summed E-state index contributed by atoms with van der Waals surface area (Å²) in [5.41, 5.74) is 2.31. The van der Waals surface area contributed by atoms with Crippen LogP contribution >= 0.6 is 0 Å². The van der Waals surface area contributed by atoms with E-state index in [1.807, 2.05) is 6.20 Å². The maximum atomic E-state index is 4.74. The number of nitrogens with one attached hydrogen (secondary N) is 1. The van der Waals surface area contributed by atoms with Crippen molar-refractivity contribution in [2.45, 2.75) is 46.1 Å². The molecule has 0 radical (unpaired) electrons. The van der Waals surface area contributed by atoms with E-state index < -0.39 is 0 Å². The van der Waals surface area contributed by atoms with Gasteiger partial charge in [0.05, 0.1) is 17.6 Å². The predicted molar refractivity (Wildman–Crippen MR) is 79.5 cm³/mol. The number of rotatable bonds is 7. The molecule has 1 aromatic heterocycles. The van der Waals surface area contributed by atoms with Crippen LogP contribution in [-0.2, 0) is 6.54 Å². The smallest absolute Gasteiger partial charge is 0.131 e. The predicted octanol–water partition coefficient (Wildman–Crippen LogP) is 2.56. The van der Waals surface area contributed by atoms with Crippen LogP contribution in [0.25, 0.3) is 0 Å². The Labute approximate surface area is 116 Å². The molecule has 106 valence electrons. The molecule has 0 aromatic carbocycles. The third-order valence-corrected chi connectivity index (χ3v) is 3.56. The molecule has 0 bridgehead atoms. The van der Waals surface area contributed by atoms with Gasteiger partial charge in [0.1, 0.15) is 5.82 Å². The minimum atomic E-state index is 0.378. The van der Waals surface area contributed by atoms with E-state index in [0.29, 0.717) is 5.92 Å². The molecule has 0 spiro atoms. The standard InChI is InChI=1S/C15H26N4/c1-5-16-8-13-14(19(4)10-12-6-7-12)9-17-15(18-13)11(2)3/h9,11-12,16H,5-8,10H2,1-4H3. The molecule has 1 aliphatic rings. The lowest BCUT2D eigenvalue weighted by molar-refractivity contribution is 0.678. The molecule has 0 amide bonds. The molecule has 1 saturated carbocycles. The summed E-state index contributed by atoms with van der Waals surface area (Å²) in [4.78, 5) is 11.6. The second-order valence-corrected chi connectivity index (χ2v) is 5.82. The molecule has 4 nitrogen and oxygen atoms in total. The minimum Gasteiger partial charge on any atom is -0.372 e.